The maximum atomic E-state index is 13.4. The maximum absolute atomic E-state index is 13.4. The second-order valence-corrected chi connectivity index (χ2v) is 8.37. The van der Waals surface area contributed by atoms with E-state index in [2.05, 4.69) is 10.1 Å². The van der Waals surface area contributed by atoms with Crippen LogP contribution in [0.1, 0.15) is 16.7 Å². The van der Waals surface area contributed by atoms with Gasteiger partial charge in [0.1, 0.15) is 5.56 Å². The third kappa shape index (κ3) is 3.83. The van der Waals surface area contributed by atoms with E-state index in [1.807, 2.05) is 85.1 Å². The average molecular weight is 442 g/mol. The van der Waals surface area contributed by atoms with E-state index in [-0.39, 0.29) is 11.3 Å². The van der Waals surface area contributed by atoms with Crippen LogP contribution in [0.4, 0.5) is 0 Å². The molecule has 0 N–H and O–H groups in total. The summed E-state index contributed by atoms with van der Waals surface area (Å²) in [5.74, 6) is 0.659. The van der Waals surface area contributed by atoms with Crippen LogP contribution in [0, 0.1) is 13.8 Å². The predicted octanol–water partition coefficient (Wildman–Crippen LogP) is 6.04. The van der Waals surface area contributed by atoms with Crippen molar-refractivity contribution in [2.75, 3.05) is 0 Å². The number of aromatic nitrogens is 3. The van der Waals surface area contributed by atoms with Crippen LogP contribution in [-0.2, 0) is 6.54 Å². The minimum Gasteiger partial charge on any atom is -0.342 e. The molecule has 0 amide bonds. The standard InChI is InChI=1S/C26H20ClN3O2/c1-16-3-8-19(9-4-16)25-28-26(32-29-25)22-15-30(14-18-6-10-20(27)11-7-18)23-12-5-17(2)13-21(23)24(22)31/h3-13,15H,14H2,1-2H3. The molecule has 32 heavy (non-hydrogen) atoms. The van der Waals surface area contributed by atoms with Crippen LogP contribution in [0.25, 0.3) is 33.7 Å². The minimum absolute atomic E-state index is 0.129. The molecule has 0 aliphatic carbocycles. The van der Waals surface area contributed by atoms with Crippen LogP contribution in [0.15, 0.2) is 82.2 Å². The zero-order chi connectivity index (χ0) is 22.2. The normalized spacial score (nSPS) is 11.2. The molecule has 6 heteroatoms. The average Bonchev–Trinajstić information content (AvgIpc) is 3.27. The Morgan fingerprint density at radius 1 is 0.938 bits per heavy atom. The summed E-state index contributed by atoms with van der Waals surface area (Å²) >= 11 is 6.04. The van der Waals surface area contributed by atoms with Gasteiger partial charge >= 0.3 is 0 Å². The molecule has 5 rings (SSSR count). The Kier molecular flexibility index (Phi) is 5.11. The largest absolute Gasteiger partial charge is 0.342 e. The highest BCUT2D eigenvalue weighted by molar-refractivity contribution is 6.30. The van der Waals surface area contributed by atoms with Crippen LogP contribution in [-0.4, -0.2) is 14.7 Å². The number of halogens is 1. The van der Waals surface area contributed by atoms with Crippen molar-refractivity contribution in [3.05, 3.63) is 105 Å². The first-order valence-corrected chi connectivity index (χ1v) is 10.6. The molecule has 0 aliphatic rings. The highest BCUT2D eigenvalue weighted by atomic mass is 35.5. The van der Waals surface area contributed by atoms with Crippen LogP contribution in [0.2, 0.25) is 5.02 Å². The Balaban J connectivity index is 1.64. The quantitative estimate of drug-likeness (QED) is 0.341. The fourth-order valence-electron chi connectivity index (χ4n) is 3.73. The number of aryl methyl sites for hydroxylation is 2. The Bertz CT molecular complexity index is 1480. The molecule has 5 nitrogen and oxygen atoms in total. The van der Waals surface area contributed by atoms with Crippen molar-refractivity contribution in [2.24, 2.45) is 0 Å². The topological polar surface area (TPSA) is 60.9 Å². The van der Waals surface area contributed by atoms with E-state index in [1.54, 1.807) is 6.20 Å². The molecular formula is C26H20ClN3O2. The molecule has 0 fully saturated rings. The summed E-state index contributed by atoms with van der Waals surface area (Å²) in [6.07, 6.45) is 1.79. The lowest BCUT2D eigenvalue weighted by Gasteiger charge is -2.13. The van der Waals surface area contributed by atoms with Crippen molar-refractivity contribution < 1.29 is 4.52 Å². The van der Waals surface area contributed by atoms with Gasteiger partial charge in [-0.2, -0.15) is 4.98 Å². The summed E-state index contributed by atoms with van der Waals surface area (Å²) < 4.78 is 7.56. The van der Waals surface area contributed by atoms with E-state index in [9.17, 15) is 4.79 Å². The van der Waals surface area contributed by atoms with Gasteiger partial charge in [0.05, 0.1) is 5.52 Å². The van der Waals surface area contributed by atoms with E-state index in [0.29, 0.717) is 28.3 Å². The fourth-order valence-corrected chi connectivity index (χ4v) is 3.86. The van der Waals surface area contributed by atoms with E-state index < -0.39 is 0 Å². The monoisotopic (exact) mass is 441 g/mol. The van der Waals surface area contributed by atoms with Crippen molar-refractivity contribution in [2.45, 2.75) is 20.4 Å². The second-order valence-electron chi connectivity index (χ2n) is 7.94. The smallest absolute Gasteiger partial charge is 0.263 e. The molecular weight excluding hydrogens is 422 g/mol. The summed E-state index contributed by atoms with van der Waals surface area (Å²) in [6.45, 7) is 4.56. The first-order chi connectivity index (χ1) is 15.5. The Hall–Kier alpha value is -3.70. The first kappa shape index (κ1) is 20.2. The van der Waals surface area contributed by atoms with E-state index in [4.69, 9.17) is 16.1 Å². The van der Waals surface area contributed by atoms with Gasteiger partial charge in [0.25, 0.3) is 5.89 Å². The molecule has 0 saturated heterocycles. The number of hydrogen-bond acceptors (Lipinski definition) is 4. The number of fused-ring (bicyclic) bond motifs is 1. The highest BCUT2D eigenvalue weighted by Crippen LogP contribution is 2.24. The molecule has 0 aliphatic heterocycles. The van der Waals surface area contributed by atoms with Gasteiger partial charge in [-0.1, -0.05) is 70.3 Å². The van der Waals surface area contributed by atoms with Crippen molar-refractivity contribution >= 4 is 22.5 Å². The summed E-state index contributed by atoms with van der Waals surface area (Å²) in [4.78, 5) is 17.9. The van der Waals surface area contributed by atoms with Crippen molar-refractivity contribution in [3.63, 3.8) is 0 Å². The third-order valence-corrected chi connectivity index (χ3v) is 5.72. The number of pyridine rings is 1. The van der Waals surface area contributed by atoms with Gasteiger partial charge in [0, 0.05) is 28.7 Å². The molecule has 0 bridgehead atoms. The van der Waals surface area contributed by atoms with Crippen LogP contribution >= 0.6 is 11.6 Å². The van der Waals surface area contributed by atoms with Gasteiger partial charge in [-0.3, -0.25) is 4.79 Å². The zero-order valence-corrected chi connectivity index (χ0v) is 18.4. The van der Waals surface area contributed by atoms with Gasteiger partial charge in [-0.05, 0) is 43.7 Å². The minimum atomic E-state index is -0.129. The first-order valence-electron chi connectivity index (χ1n) is 10.3. The molecule has 2 aromatic heterocycles. The van der Waals surface area contributed by atoms with Gasteiger partial charge in [0.15, 0.2) is 0 Å². The SMILES string of the molecule is Cc1ccc(-c2noc(-c3cn(Cc4ccc(Cl)cc4)c4ccc(C)cc4c3=O)n2)cc1. The van der Waals surface area contributed by atoms with Crippen LogP contribution in [0.3, 0.4) is 0 Å². The molecule has 0 radical (unpaired) electrons. The summed E-state index contributed by atoms with van der Waals surface area (Å²) in [7, 11) is 0. The Labute approximate surface area is 189 Å². The second kappa shape index (κ2) is 8.09. The molecule has 158 valence electrons. The fraction of sp³-hybridized carbons (Fsp3) is 0.115. The van der Waals surface area contributed by atoms with E-state index >= 15 is 0 Å². The lowest BCUT2D eigenvalue weighted by atomic mass is 10.1. The number of benzene rings is 3. The summed E-state index contributed by atoms with van der Waals surface area (Å²) in [5.41, 5.74) is 5.15. The molecule has 5 aromatic rings. The maximum Gasteiger partial charge on any atom is 0.263 e. The van der Waals surface area contributed by atoms with Crippen molar-refractivity contribution in [3.8, 4) is 22.8 Å². The van der Waals surface area contributed by atoms with Crippen LogP contribution < -0.4 is 5.43 Å². The molecule has 3 aromatic carbocycles. The highest BCUT2D eigenvalue weighted by Gasteiger charge is 2.17. The molecule has 0 unspecified atom stereocenters. The lowest BCUT2D eigenvalue weighted by molar-refractivity contribution is 0.431. The number of rotatable bonds is 4. The van der Waals surface area contributed by atoms with Gasteiger partial charge in [0.2, 0.25) is 11.3 Å². The number of nitrogens with zero attached hydrogens (tertiary/aromatic N) is 3. The Morgan fingerprint density at radius 3 is 2.41 bits per heavy atom. The third-order valence-electron chi connectivity index (χ3n) is 5.47. The Morgan fingerprint density at radius 2 is 1.66 bits per heavy atom. The van der Waals surface area contributed by atoms with Gasteiger partial charge < -0.3 is 9.09 Å². The van der Waals surface area contributed by atoms with Crippen molar-refractivity contribution in [1.29, 1.82) is 0 Å². The molecule has 2 heterocycles. The predicted molar refractivity (Wildman–Crippen MR) is 127 cm³/mol. The lowest BCUT2D eigenvalue weighted by Crippen LogP contribution is -2.13. The van der Waals surface area contributed by atoms with E-state index in [0.717, 1.165) is 27.8 Å². The zero-order valence-electron chi connectivity index (χ0n) is 17.7. The molecule has 0 atom stereocenters. The molecule has 0 spiro atoms. The molecule has 0 saturated carbocycles. The van der Waals surface area contributed by atoms with Crippen LogP contribution in [0.5, 0.6) is 0 Å². The number of hydrogen-bond donors (Lipinski definition) is 0. The summed E-state index contributed by atoms with van der Waals surface area (Å²) in [5, 5.41) is 5.41. The van der Waals surface area contributed by atoms with Gasteiger partial charge in [-0.15, -0.1) is 0 Å². The van der Waals surface area contributed by atoms with E-state index in [1.165, 1.54) is 0 Å². The van der Waals surface area contributed by atoms with Crippen molar-refractivity contribution in [1.82, 2.24) is 14.7 Å². The van der Waals surface area contributed by atoms with Gasteiger partial charge in [-0.25, -0.2) is 0 Å². The summed E-state index contributed by atoms with van der Waals surface area (Å²) in [6, 6.07) is 21.4.